The van der Waals surface area contributed by atoms with Crippen LogP contribution in [0.1, 0.15) is 41.5 Å². The van der Waals surface area contributed by atoms with Crippen LogP contribution < -0.4 is 11.1 Å². The van der Waals surface area contributed by atoms with Crippen LogP contribution in [0, 0.1) is 6.92 Å². The minimum absolute atomic E-state index is 0.145. The van der Waals surface area contributed by atoms with E-state index in [1.165, 1.54) is 29.5 Å². The van der Waals surface area contributed by atoms with Crippen molar-refractivity contribution in [2.24, 2.45) is 5.73 Å². The first-order valence-electron chi connectivity index (χ1n) is 7.49. The van der Waals surface area contributed by atoms with E-state index in [0.717, 1.165) is 16.1 Å². The number of hydrogen-bond donors (Lipinski definition) is 2. The van der Waals surface area contributed by atoms with Crippen molar-refractivity contribution in [3.8, 4) is 0 Å². The number of benzene rings is 2. The summed E-state index contributed by atoms with van der Waals surface area (Å²) in [5, 5.41) is 3.54. The summed E-state index contributed by atoms with van der Waals surface area (Å²) >= 11 is 3.54. The maximum Gasteiger partial charge on any atom is 0.0636 e. The summed E-state index contributed by atoms with van der Waals surface area (Å²) < 4.78 is 1.09. The molecular formula is C18H21BrN2. The van der Waals surface area contributed by atoms with Crippen molar-refractivity contribution in [3.05, 3.63) is 63.6 Å². The van der Waals surface area contributed by atoms with Crippen LogP contribution in [-0.2, 0) is 0 Å². The Balaban J connectivity index is 1.77. The maximum absolute atomic E-state index is 5.96. The Morgan fingerprint density at radius 3 is 2.48 bits per heavy atom. The van der Waals surface area contributed by atoms with E-state index in [1.807, 2.05) is 0 Å². The Morgan fingerprint density at radius 1 is 1.19 bits per heavy atom. The number of nitrogens with one attached hydrogen (secondary N) is 1. The molecule has 0 spiro atoms. The van der Waals surface area contributed by atoms with Crippen molar-refractivity contribution < 1.29 is 0 Å². The van der Waals surface area contributed by atoms with Gasteiger partial charge in [-0.05, 0) is 60.6 Å². The monoisotopic (exact) mass is 344 g/mol. The van der Waals surface area contributed by atoms with Gasteiger partial charge in [0.1, 0.15) is 0 Å². The van der Waals surface area contributed by atoms with Gasteiger partial charge in [-0.1, -0.05) is 40.2 Å². The summed E-state index contributed by atoms with van der Waals surface area (Å²) in [6.07, 6.45) is 2.68. The first kappa shape index (κ1) is 14.6. The molecule has 3 heteroatoms. The van der Waals surface area contributed by atoms with Gasteiger partial charge >= 0.3 is 0 Å². The van der Waals surface area contributed by atoms with Crippen LogP contribution in [0.15, 0.2) is 46.9 Å². The molecule has 0 radical (unpaired) electrons. The third-order valence-corrected chi connectivity index (χ3v) is 4.46. The van der Waals surface area contributed by atoms with E-state index in [-0.39, 0.29) is 6.04 Å². The third kappa shape index (κ3) is 3.66. The summed E-state index contributed by atoms with van der Waals surface area (Å²) in [5.41, 5.74) is 11.0. The Labute approximate surface area is 134 Å². The molecule has 0 saturated heterocycles. The Hall–Kier alpha value is -1.32. The van der Waals surface area contributed by atoms with E-state index in [9.17, 15) is 0 Å². The largest absolute Gasteiger partial charge is 0.377 e. The molecule has 3 N–H and O–H groups in total. The summed E-state index contributed by atoms with van der Waals surface area (Å²) in [6.45, 7) is 2.67. The average molecular weight is 345 g/mol. The van der Waals surface area contributed by atoms with Gasteiger partial charge in [-0.2, -0.15) is 0 Å². The Morgan fingerprint density at radius 2 is 1.90 bits per heavy atom. The fraction of sp³-hybridized carbons (Fsp3) is 0.333. The minimum Gasteiger partial charge on any atom is -0.377 e. The van der Waals surface area contributed by atoms with Gasteiger partial charge in [0.2, 0.25) is 0 Å². The summed E-state index contributed by atoms with van der Waals surface area (Å²) in [6, 6.07) is 15.4. The van der Waals surface area contributed by atoms with E-state index in [0.29, 0.717) is 6.54 Å². The Kier molecular flexibility index (Phi) is 4.32. The fourth-order valence-electron chi connectivity index (χ4n) is 2.72. The molecule has 1 atom stereocenters. The summed E-state index contributed by atoms with van der Waals surface area (Å²) in [7, 11) is 0. The maximum atomic E-state index is 5.96. The molecule has 1 fully saturated rings. The van der Waals surface area contributed by atoms with Gasteiger partial charge in [0, 0.05) is 16.7 Å². The molecule has 1 aliphatic rings. The van der Waals surface area contributed by atoms with Crippen LogP contribution in [-0.4, -0.2) is 6.54 Å². The van der Waals surface area contributed by atoms with Crippen LogP contribution in [0.4, 0.5) is 5.69 Å². The quantitative estimate of drug-likeness (QED) is 0.821. The third-order valence-electron chi connectivity index (χ3n) is 4.01. The molecule has 2 nitrogen and oxygen atoms in total. The first-order valence-corrected chi connectivity index (χ1v) is 8.28. The van der Waals surface area contributed by atoms with Gasteiger partial charge in [-0.15, -0.1) is 0 Å². The number of rotatable bonds is 5. The second kappa shape index (κ2) is 6.20. The summed E-state index contributed by atoms with van der Waals surface area (Å²) in [4.78, 5) is 0. The second-order valence-electron chi connectivity index (χ2n) is 5.89. The van der Waals surface area contributed by atoms with E-state index in [2.05, 4.69) is 70.6 Å². The molecule has 3 rings (SSSR count). The molecule has 2 aromatic carbocycles. The molecule has 0 amide bonds. The van der Waals surface area contributed by atoms with Gasteiger partial charge in [-0.3, -0.25) is 0 Å². The molecule has 110 valence electrons. The van der Waals surface area contributed by atoms with Crippen molar-refractivity contribution in [2.45, 2.75) is 31.7 Å². The fourth-order valence-corrected chi connectivity index (χ4v) is 3.32. The molecule has 0 heterocycles. The SMILES string of the molecule is Cc1cc(Br)cc(NC(CN)c2ccc(C3CC3)cc2)c1. The lowest BCUT2D eigenvalue weighted by molar-refractivity contribution is 0.789. The van der Waals surface area contributed by atoms with Gasteiger partial charge < -0.3 is 11.1 Å². The smallest absolute Gasteiger partial charge is 0.0636 e. The normalized spacial score (nSPS) is 15.8. The Bertz CT molecular complexity index is 597. The molecule has 1 saturated carbocycles. The van der Waals surface area contributed by atoms with E-state index >= 15 is 0 Å². The van der Waals surface area contributed by atoms with Gasteiger partial charge in [0.15, 0.2) is 0 Å². The predicted octanol–water partition coefficient (Wildman–Crippen LogP) is 4.75. The number of anilines is 1. The van der Waals surface area contributed by atoms with Crippen LogP contribution in [0.5, 0.6) is 0 Å². The number of aryl methyl sites for hydroxylation is 1. The molecule has 21 heavy (non-hydrogen) atoms. The lowest BCUT2D eigenvalue weighted by atomic mass is 10.0. The predicted molar refractivity (Wildman–Crippen MR) is 92.7 cm³/mol. The standard InChI is InChI=1S/C18H21BrN2/c1-12-8-16(19)10-17(9-12)21-18(11-20)15-6-4-14(5-7-15)13-2-3-13/h4-10,13,18,21H,2-3,11,20H2,1H3. The van der Waals surface area contributed by atoms with Crippen molar-refractivity contribution in [2.75, 3.05) is 11.9 Å². The van der Waals surface area contributed by atoms with Gasteiger partial charge in [0.05, 0.1) is 6.04 Å². The number of nitrogens with two attached hydrogens (primary N) is 1. The van der Waals surface area contributed by atoms with Crippen molar-refractivity contribution in [3.63, 3.8) is 0 Å². The van der Waals surface area contributed by atoms with Crippen LogP contribution >= 0.6 is 15.9 Å². The second-order valence-corrected chi connectivity index (χ2v) is 6.81. The van der Waals surface area contributed by atoms with Crippen LogP contribution in [0.25, 0.3) is 0 Å². The number of halogens is 1. The van der Waals surface area contributed by atoms with Crippen LogP contribution in [0.3, 0.4) is 0 Å². The molecule has 0 bridgehead atoms. The highest BCUT2D eigenvalue weighted by atomic mass is 79.9. The molecule has 1 aliphatic carbocycles. The van der Waals surface area contributed by atoms with E-state index in [4.69, 9.17) is 5.73 Å². The zero-order chi connectivity index (χ0) is 14.8. The molecular weight excluding hydrogens is 324 g/mol. The lowest BCUT2D eigenvalue weighted by Crippen LogP contribution is -2.20. The number of hydrogen-bond acceptors (Lipinski definition) is 2. The highest BCUT2D eigenvalue weighted by Crippen LogP contribution is 2.40. The van der Waals surface area contributed by atoms with Crippen molar-refractivity contribution >= 4 is 21.6 Å². The summed E-state index contributed by atoms with van der Waals surface area (Å²) in [5.74, 6) is 0.802. The van der Waals surface area contributed by atoms with Crippen molar-refractivity contribution in [1.29, 1.82) is 0 Å². The topological polar surface area (TPSA) is 38.0 Å². The van der Waals surface area contributed by atoms with Gasteiger partial charge in [-0.25, -0.2) is 0 Å². The molecule has 2 aromatic rings. The van der Waals surface area contributed by atoms with E-state index in [1.54, 1.807) is 0 Å². The van der Waals surface area contributed by atoms with Crippen LogP contribution in [0.2, 0.25) is 0 Å². The van der Waals surface area contributed by atoms with Gasteiger partial charge in [0.25, 0.3) is 0 Å². The zero-order valence-electron chi connectivity index (χ0n) is 12.3. The molecule has 0 aromatic heterocycles. The highest BCUT2D eigenvalue weighted by molar-refractivity contribution is 9.10. The average Bonchev–Trinajstić information content (AvgIpc) is 3.28. The molecule has 0 aliphatic heterocycles. The van der Waals surface area contributed by atoms with E-state index < -0.39 is 0 Å². The first-order chi connectivity index (χ1) is 10.2. The highest BCUT2D eigenvalue weighted by Gasteiger charge is 2.23. The lowest BCUT2D eigenvalue weighted by Gasteiger charge is -2.19. The minimum atomic E-state index is 0.145. The van der Waals surface area contributed by atoms with Crippen molar-refractivity contribution in [1.82, 2.24) is 0 Å². The zero-order valence-corrected chi connectivity index (χ0v) is 13.9. The molecule has 1 unspecified atom stereocenters.